The Morgan fingerprint density at radius 2 is 2.00 bits per heavy atom. The van der Waals surface area contributed by atoms with Crippen molar-refractivity contribution in [2.45, 2.75) is 19.8 Å². The third kappa shape index (κ3) is 1.44. The molecule has 0 amide bonds. The molecule has 0 N–H and O–H groups in total. The molecule has 72 valence electrons. The Hall–Kier alpha value is -1.56. The molecule has 2 rings (SSSR count). The summed E-state index contributed by atoms with van der Waals surface area (Å²) in [5, 5.41) is 8.90. The summed E-state index contributed by atoms with van der Waals surface area (Å²) in [5.41, 5.74) is 2.96. The molecule has 1 heterocycles. The number of hydrogen-bond donors (Lipinski definition) is 0. The lowest BCUT2D eigenvalue weighted by atomic mass is 10.1. The minimum Gasteiger partial charge on any atom is -0.365 e. The summed E-state index contributed by atoms with van der Waals surface area (Å²) in [6.45, 7) is 4.21. The maximum absolute atomic E-state index is 8.90. The molecule has 0 atom stereocenters. The summed E-state index contributed by atoms with van der Waals surface area (Å²) in [4.78, 5) is 5.63. The van der Waals surface area contributed by atoms with E-state index in [0.29, 0.717) is 5.69 Å². The molecule has 14 heavy (non-hydrogen) atoms. The predicted molar refractivity (Wildman–Crippen MR) is 57.4 cm³/mol. The summed E-state index contributed by atoms with van der Waals surface area (Å²) < 4.78 is 0. The van der Waals surface area contributed by atoms with Gasteiger partial charge >= 0.3 is 5.69 Å². The van der Waals surface area contributed by atoms with E-state index in [4.69, 9.17) is 5.39 Å². The molecule has 0 unspecified atom stereocenters. The largest absolute Gasteiger partial charge is 0.408 e. The number of aryl methyl sites for hydroxylation is 1. The normalized spacial score (nSPS) is 15.6. The van der Waals surface area contributed by atoms with E-state index in [-0.39, 0.29) is 0 Å². The minimum absolute atomic E-state index is 0.687. The number of nitrogens with zero attached hydrogens (tertiary/aromatic N) is 3. The standard InChI is InChI=1S/C11H14N3/c1-9-5-4-6-10(13-12)11(9)14-7-2-3-8-14/h4-6H,2-3,7-8H2,1H3/q+1. The van der Waals surface area contributed by atoms with Crippen molar-refractivity contribution in [3.05, 3.63) is 28.7 Å². The van der Waals surface area contributed by atoms with E-state index in [9.17, 15) is 0 Å². The van der Waals surface area contributed by atoms with E-state index in [1.165, 1.54) is 18.4 Å². The van der Waals surface area contributed by atoms with Crippen molar-refractivity contribution < 1.29 is 0 Å². The quantitative estimate of drug-likeness (QED) is 0.634. The first-order valence-electron chi connectivity index (χ1n) is 5.02. The Balaban J connectivity index is 2.44. The fourth-order valence-electron chi connectivity index (χ4n) is 2.08. The molecule has 1 aromatic carbocycles. The van der Waals surface area contributed by atoms with Crippen LogP contribution in [0.4, 0.5) is 11.4 Å². The zero-order valence-corrected chi connectivity index (χ0v) is 8.40. The van der Waals surface area contributed by atoms with Crippen LogP contribution < -0.4 is 4.90 Å². The topological polar surface area (TPSA) is 31.4 Å². The SMILES string of the molecule is Cc1cccc([N+]#N)c1N1CCCC1. The van der Waals surface area contributed by atoms with Gasteiger partial charge in [0.1, 0.15) is 5.69 Å². The van der Waals surface area contributed by atoms with Gasteiger partial charge in [-0.05, 0) is 25.3 Å². The molecule has 0 aromatic heterocycles. The lowest BCUT2D eigenvalue weighted by molar-refractivity contribution is 0.949. The molecule has 1 aliphatic rings. The molecular weight excluding hydrogens is 174 g/mol. The molecule has 0 aliphatic carbocycles. The average molecular weight is 188 g/mol. The second-order valence-electron chi connectivity index (χ2n) is 3.74. The second kappa shape index (κ2) is 3.67. The first-order chi connectivity index (χ1) is 6.83. The van der Waals surface area contributed by atoms with Crippen molar-refractivity contribution in [3.63, 3.8) is 0 Å². The van der Waals surface area contributed by atoms with Crippen LogP contribution >= 0.6 is 0 Å². The lowest BCUT2D eigenvalue weighted by Gasteiger charge is -2.17. The van der Waals surface area contributed by atoms with Crippen molar-refractivity contribution in [1.82, 2.24) is 0 Å². The molecule has 0 bridgehead atoms. The summed E-state index contributed by atoms with van der Waals surface area (Å²) in [6.07, 6.45) is 2.47. The van der Waals surface area contributed by atoms with Crippen LogP contribution in [-0.4, -0.2) is 13.1 Å². The second-order valence-corrected chi connectivity index (χ2v) is 3.74. The molecule has 1 saturated heterocycles. The number of hydrogen-bond acceptors (Lipinski definition) is 2. The van der Waals surface area contributed by atoms with Gasteiger partial charge in [-0.3, -0.25) is 0 Å². The van der Waals surface area contributed by atoms with Gasteiger partial charge in [0.05, 0.1) is 0 Å². The summed E-state index contributed by atoms with van der Waals surface area (Å²) in [6, 6.07) is 5.83. The van der Waals surface area contributed by atoms with Crippen LogP contribution in [0.15, 0.2) is 18.2 Å². The zero-order valence-electron chi connectivity index (χ0n) is 8.40. The van der Waals surface area contributed by atoms with Crippen LogP contribution in [0.25, 0.3) is 4.98 Å². The fourth-order valence-corrected chi connectivity index (χ4v) is 2.08. The number of anilines is 1. The first kappa shape index (κ1) is 9.01. The van der Waals surface area contributed by atoms with Crippen LogP contribution in [-0.2, 0) is 0 Å². The maximum atomic E-state index is 8.90. The van der Waals surface area contributed by atoms with Crippen LogP contribution in [0.1, 0.15) is 18.4 Å². The number of rotatable bonds is 1. The van der Waals surface area contributed by atoms with E-state index < -0.39 is 0 Å². The summed E-state index contributed by atoms with van der Waals surface area (Å²) in [5.74, 6) is 0. The monoisotopic (exact) mass is 188 g/mol. The third-order valence-corrected chi connectivity index (χ3v) is 2.75. The molecule has 0 saturated carbocycles. The summed E-state index contributed by atoms with van der Waals surface area (Å²) in [7, 11) is 0. The third-order valence-electron chi connectivity index (χ3n) is 2.75. The smallest absolute Gasteiger partial charge is 0.365 e. The number of para-hydroxylation sites is 1. The number of benzene rings is 1. The molecule has 3 nitrogen and oxygen atoms in total. The maximum Gasteiger partial charge on any atom is 0.408 e. The Bertz CT molecular complexity index is 373. The summed E-state index contributed by atoms with van der Waals surface area (Å²) >= 11 is 0. The molecule has 0 radical (unpaired) electrons. The van der Waals surface area contributed by atoms with Crippen LogP contribution in [0.5, 0.6) is 0 Å². The Morgan fingerprint density at radius 1 is 1.29 bits per heavy atom. The molecule has 1 aromatic rings. The predicted octanol–water partition coefficient (Wildman–Crippen LogP) is 3.08. The molecule has 1 fully saturated rings. The highest BCUT2D eigenvalue weighted by Gasteiger charge is 2.23. The molecule has 0 spiro atoms. The lowest BCUT2D eigenvalue weighted by Crippen LogP contribution is -2.18. The van der Waals surface area contributed by atoms with E-state index in [1.807, 2.05) is 12.1 Å². The van der Waals surface area contributed by atoms with Crippen molar-refractivity contribution in [2.75, 3.05) is 18.0 Å². The highest BCUT2D eigenvalue weighted by molar-refractivity contribution is 5.74. The van der Waals surface area contributed by atoms with E-state index in [2.05, 4.69) is 22.9 Å². The Labute approximate surface area is 84.0 Å². The average Bonchev–Trinajstić information content (AvgIpc) is 2.70. The van der Waals surface area contributed by atoms with Gasteiger partial charge in [-0.25, -0.2) is 0 Å². The van der Waals surface area contributed by atoms with Crippen LogP contribution in [0.3, 0.4) is 0 Å². The molecular formula is C11H14N3+. The highest BCUT2D eigenvalue weighted by atomic mass is 15.2. The van der Waals surface area contributed by atoms with Crippen molar-refractivity contribution in [2.24, 2.45) is 0 Å². The van der Waals surface area contributed by atoms with Gasteiger partial charge < -0.3 is 4.90 Å². The van der Waals surface area contributed by atoms with Gasteiger partial charge in [0.25, 0.3) is 0 Å². The molecule has 3 heteroatoms. The van der Waals surface area contributed by atoms with E-state index in [1.54, 1.807) is 0 Å². The van der Waals surface area contributed by atoms with Gasteiger partial charge in [0, 0.05) is 19.2 Å². The Morgan fingerprint density at radius 3 is 2.64 bits per heavy atom. The van der Waals surface area contributed by atoms with Crippen LogP contribution in [0, 0.1) is 12.3 Å². The van der Waals surface area contributed by atoms with E-state index in [0.717, 1.165) is 18.8 Å². The number of diazo groups is 1. The Kier molecular flexibility index (Phi) is 2.36. The highest BCUT2D eigenvalue weighted by Crippen LogP contribution is 2.34. The van der Waals surface area contributed by atoms with Crippen molar-refractivity contribution >= 4 is 11.4 Å². The zero-order chi connectivity index (χ0) is 9.97. The molecule has 1 aliphatic heterocycles. The first-order valence-corrected chi connectivity index (χ1v) is 5.02. The van der Waals surface area contributed by atoms with Crippen molar-refractivity contribution in [1.29, 1.82) is 5.39 Å². The van der Waals surface area contributed by atoms with Gasteiger partial charge in [0.15, 0.2) is 4.98 Å². The fraction of sp³-hybridized carbons (Fsp3) is 0.455. The van der Waals surface area contributed by atoms with Gasteiger partial charge in [-0.2, -0.15) is 0 Å². The van der Waals surface area contributed by atoms with Gasteiger partial charge in [0.2, 0.25) is 5.39 Å². The van der Waals surface area contributed by atoms with Crippen LogP contribution in [0.2, 0.25) is 0 Å². The van der Waals surface area contributed by atoms with E-state index >= 15 is 0 Å². The minimum atomic E-state index is 0.687. The van der Waals surface area contributed by atoms with Gasteiger partial charge in [-0.15, -0.1) is 0 Å². The van der Waals surface area contributed by atoms with Crippen molar-refractivity contribution in [3.8, 4) is 0 Å². The van der Waals surface area contributed by atoms with Gasteiger partial charge in [-0.1, -0.05) is 12.1 Å².